The average Bonchev–Trinajstić information content (AvgIpc) is 2.76. The van der Waals surface area contributed by atoms with Gasteiger partial charge in [0.25, 0.3) is 0 Å². The third-order valence-corrected chi connectivity index (χ3v) is 5.29. The fourth-order valence-corrected chi connectivity index (χ4v) is 4.15. The fraction of sp³-hybridized carbons (Fsp3) is 0.500. The van der Waals surface area contributed by atoms with Crippen molar-refractivity contribution in [2.75, 3.05) is 23.4 Å². The Bertz CT molecular complexity index is 596. The van der Waals surface area contributed by atoms with Crippen LogP contribution in [0.2, 0.25) is 0 Å². The minimum Gasteiger partial charge on any atom is -0.370 e. The Balaban J connectivity index is 1.91. The molecule has 1 aromatic rings. The number of sulfone groups is 1. The Hall–Kier alpha value is -1.56. The molecule has 2 rings (SSSR count). The van der Waals surface area contributed by atoms with Gasteiger partial charge in [-0.2, -0.15) is 0 Å². The van der Waals surface area contributed by atoms with Crippen molar-refractivity contribution in [3.8, 4) is 0 Å². The molecule has 3 N–H and O–H groups in total. The van der Waals surface area contributed by atoms with E-state index in [1.807, 2.05) is 18.2 Å². The van der Waals surface area contributed by atoms with Gasteiger partial charge < -0.3 is 11.1 Å². The van der Waals surface area contributed by atoms with Crippen molar-refractivity contribution < 1.29 is 8.42 Å². The fourth-order valence-electron chi connectivity index (χ4n) is 2.30. The van der Waals surface area contributed by atoms with Gasteiger partial charge in [0.05, 0.1) is 11.5 Å². The molecule has 0 bridgehead atoms. The molecule has 0 aromatic heterocycles. The number of aliphatic imine (C=N–C) groups is 1. The molecule has 1 unspecified atom stereocenters. The number of benzene rings is 1. The predicted octanol–water partition coefficient (Wildman–Crippen LogP) is 1.41. The molecule has 0 spiro atoms. The van der Waals surface area contributed by atoms with E-state index in [1.165, 1.54) is 5.56 Å². The third kappa shape index (κ3) is 4.23. The first kappa shape index (κ1) is 14.8. The molecule has 1 atom stereocenters. The van der Waals surface area contributed by atoms with Gasteiger partial charge in [-0.05, 0) is 36.5 Å². The standard InChI is InChI=1S/C14H21N3O2S/c1-2-11-4-3-5-13(8-11)17-14(15)16-9-12-6-7-20(18,19)10-12/h3-5,8,12H,2,6-7,9-10H2,1H3,(H3,15,16,17). The summed E-state index contributed by atoms with van der Waals surface area (Å²) in [6.45, 7) is 2.56. The molecule has 1 fully saturated rings. The van der Waals surface area contributed by atoms with Crippen LogP contribution in [0.15, 0.2) is 29.3 Å². The highest BCUT2D eigenvalue weighted by Crippen LogP contribution is 2.18. The normalized spacial score (nSPS) is 21.9. The molecule has 20 heavy (non-hydrogen) atoms. The van der Waals surface area contributed by atoms with E-state index in [0.29, 0.717) is 18.9 Å². The highest BCUT2D eigenvalue weighted by atomic mass is 32.2. The first-order valence-corrected chi connectivity index (χ1v) is 8.67. The summed E-state index contributed by atoms with van der Waals surface area (Å²) in [7, 11) is -2.84. The highest BCUT2D eigenvalue weighted by Gasteiger charge is 2.27. The molecular weight excluding hydrogens is 274 g/mol. The smallest absolute Gasteiger partial charge is 0.193 e. The summed E-state index contributed by atoms with van der Waals surface area (Å²) in [5.41, 5.74) is 7.97. The van der Waals surface area contributed by atoms with Gasteiger partial charge in [-0.25, -0.2) is 8.42 Å². The van der Waals surface area contributed by atoms with Crippen LogP contribution < -0.4 is 11.1 Å². The second kappa shape index (κ2) is 6.26. The molecule has 1 aromatic carbocycles. The first-order valence-electron chi connectivity index (χ1n) is 6.85. The summed E-state index contributed by atoms with van der Waals surface area (Å²) < 4.78 is 22.7. The molecule has 0 aliphatic carbocycles. The number of aryl methyl sites for hydroxylation is 1. The minimum atomic E-state index is -2.84. The highest BCUT2D eigenvalue weighted by molar-refractivity contribution is 7.91. The third-order valence-electron chi connectivity index (χ3n) is 3.45. The quantitative estimate of drug-likeness (QED) is 0.650. The molecule has 1 aliphatic heterocycles. The SMILES string of the molecule is CCc1cccc(NC(N)=NCC2CCS(=O)(=O)C2)c1. The van der Waals surface area contributed by atoms with Crippen LogP contribution in [0.3, 0.4) is 0 Å². The maximum Gasteiger partial charge on any atom is 0.193 e. The van der Waals surface area contributed by atoms with E-state index in [1.54, 1.807) is 0 Å². The summed E-state index contributed by atoms with van der Waals surface area (Å²) >= 11 is 0. The number of anilines is 1. The molecule has 1 aliphatic rings. The van der Waals surface area contributed by atoms with Crippen molar-refractivity contribution in [2.24, 2.45) is 16.6 Å². The Morgan fingerprint density at radius 2 is 2.30 bits per heavy atom. The Morgan fingerprint density at radius 1 is 1.50 bits per heavy atom. The van der Waals surface area contributed by atoms with E-state index in [2.05, 4.69) is 23.3 Å². The molecule has 1 heterocycles. The largest absolute Gasteiger partial charge is 0.370 e. The topological polar surface area (TPSA) is 84.5 Å². The van der Waals surface area contributed by atoms with Crippen LogP contribution in [-0.4, -0.2) is 32.4 Å². The van der Waals surface area contributed by atoms with Gasteiger partial charge in [-0.3, -0.25) is 4.99 Å². The summed E-state index contributed by atoms with van der Waals surface area (Å²) in [5.74, 6) is 0.943. The number of nitrogens with zero attached hydrogens (tertiary/aromatic N) is 1. The molecule has 0 radical (unpaired) electrons. The van der Waals surface area contributed by atoms with Crippen LogP contribution in [0.4, 0.5) is 5.69 Å². The van der Waals surface area contributed by atoms with E-state index >= 15 is 0 Å². The minimum absolute atomic E-state index is 0.0994. The molecule has 0 amide bonds. The number of hydrogen-bond acceptors (Lipinski definition) is 3. The van der Waals surface area contributed by atoms with Crippen molar-refractivity contribution in [3.05, 3.63) is 29.8 Å². The summed E-state index contributed by atoms with van der Waals surface area (Å²) in [5, 5.41) is 3.04. The van der Waals surface area contributed by atoms with E-state index in [9.17, 15) is 8.42 Å². The molecule has 6 heteroatoms. The van der Waals surface area contributed by atoms with Gasteiger partial charge in [0.15, 0.2) is 15.8 Å². The van der Waals surface area contributed by atoms with Crippen LogP contribution in [0.1, 0.15) is 18.9 Å². The Kier molecular flexibility index (Phi) is 4.65. The Labute approximate surface area is 120 Å². The van der Waals surface area contributed by atoms with Crippen LogP contribution in [0.25, 0.3) is 0 Å². The monoisotopic (exact) mass is 295 g/mol. The number of guanidine groups is 1. The zero-order chi connectivity index (χ0) is 14.6. The molecule has 1 saturated heterocycles. The van der Waals surface area contributed by atoms with Crippen LogP contribution in [-0.2, 0) is 16.3 Å². The van der Waals surface area contributed by atoms with Crippen molar-refractivity contribution in [2.45, 2.75) is 19.8 Å². The van der Waals surface area contributed by atoms with Gasteiger partial charge in [-0.1, -0.05) is 19.1 Å². The number of rotatable bonds is 4. The average molecular weight is 295 g/mol. The van der Waals surface area contributed by atoms with Crippen LogP contribution in [0, 0.1) is 5.92 Å². The maximum atomic E-state index is 11.4. The van der Waals surface area contributed by atoms with Gasteiger partial charge in [-0.15, -0.1) is 0 Å². The predicted molar refractivity (Wildman–Crippen MR) is 82.7 cm³/mol. The van der Waals surface area contributed by atoms with Crippen molar-refractivity contribution in [1.82, 2.24) is 0 Å². The molecule has 5 nitrogen and oxygen atoms in total. The Morgan fingerprint density at radius 3 is 2.95 bits per heavy atom. The van der Waals surface area contributed by atoms with E-state index in [4.69, 9.17) is 5.73 Å². The van der Waals surface area contributed by atoms with Crippen molar-refractivity contribution in [1.29, 1.82) is 0 Å². The lowest BCUT2D eigenvalue weighted by atomic mass is 10.1. The van der Waals surface area contributed by atoms with Gasteiger partial charge in [0.2, 0.25) is 0 Å². The van der Waals surface area contributed by atoms with Gasteiger partial charge in [0, 0.05) is 12.2 Å². The van der Waals surface area contributed by atoms with Crippen LogP contribution in [0.5, 0.6) is 0 Å². The summed E-state index contributed by atoms with van der Waals surface area (Å²) in [4.78, 5) is 4.24. The lowest BCUT2D eigenvalue weighted by molar-refractivity contribution is 0.591. The lowest BCUT2D eigenvalue weighted by Gasteiger charge is -2.08. The summed E-state index contributed by atoms with van der Waals surface area (Å²) in [6, 6.07) is 7.99. The van der Waals surface area contributed by atoms with Crippen molar-refractivity contribution >= 4 is 21.5 Å². The van der Waals surface area contributed by atoms with Crippen LogP contribution >= 0.6 is 0 Å². The van der Waals surface area contributed by atoms with Gasteiger partial charge in [0.1, 0.15) is 0 Å². The second-order valence-corrected chi connectivity index (χ2v) is 7.40. The molecular formula is C14H21N3O2S. The van der Waals surface area contributed by atoms with E-state index in [0.717, 1.165) is 12.1 Å². The number of nitrogens with two attached hydrogens (primary N) is 1. The zero-order valence-electron chi connectivity index (χ0n) is 11.7. The second-order valence-electron chi connectivity index (χ2n) is 5.17. The van der Waals surface area contributed by atoms with E-state index < -0.39 is 9.84 Å². The number of hydrogen-bond donors (Lipinski definition) is 2. The first-order chi connectivity index (χ1) is 9.48. The lowest BCUT2D eigenvalue weighted by Crippen LogP contribution is -2.24. The number of nitrogens with one attached hydrogen (secondary N) is 1. The molecule has 0 saturated carbocycles. The maximum absolute atomic E-state index is 11.4. The van der Waals surface area contributed by atoms with Gasteiger partial charge >= 0.3 is 0 Å². The zero-order valence-corrected chi connectivity index (χ0v) is 12.5. The van der Waals surface area contributed by atoms with Crippen molar-refractivity contribution in [3.63, 3.8) is 0 Å². The van der Waals surface area contributed by atoms with E-state index in [-0.39, 0.29) is 17.4 Å². The summed E-state index contributed by atoms with van der Waals surface area (Å²) in [6.07, 6.45) is 1.65. The molecule has 110 valence electrons.